The quantitative estimate of drug-likeness (QED) is 0.446. The van der Waals surface area contributed by atoms with E-state index in [1.807, 2.05) is 24.3 Å². The Kier molecular flexibility index (Phi) is 5.01. The van der Waals surface area contributed by atoms with Crippen LogP contribution < -0.4 is 0 Å². The normalized spacial score (nSPS) is 11.4. The van der Waals surface area contributed by atoms with E-state index >= 15 is 0 Å². The molecule has 0 aliphatic carbocycles. The van der Waals surface area contributed by atoms with Gasteiger partial charge < -0.3 is 9.67 Å². The molecule has 0 aliphatic heterocycles. The van der Waals surface area contributed by atoms with E-state index in [1.165, 1.54) is 0 Å². The third kappa shape index (κ3) is 3.58. The van der Waals surface area contributed by atoms with Crippen LogP contribution in [0.1, 0.15) is 36.9 Å². The Morgan fingerprint density at radius 1 is 1.11 bits per heavy atom. The summed E-state index contributed by atoms with van der Waals surface area (Å²) in [6.07, 6.45) is 0.596. The van der Waals surface area contributed by atoms with Gasteiger partial charge in [0, 0.05) is 17.3 Å². The lowest BCUT2D eigenvalue weighted by molar-refractivity contribution is -0.136. The van der Waals surface area contributed by atoms with E-state index in [9.17, 15) is 4.79 Å². The number of aryl methyl sites for hydroxylation is 1. The maximum absolute atomic E-state index is 11.1. The van der Waals surface area contributed by atoms with Gasteiger partial charge in [0.25, 0.3) is 0 Å². The van der Waals surface area contributed by atoms with Gasteiger partial charge in [0.05, 0.1) is 27.3 Å². The summed E-state index contributed by atoms with van der Waals surface area (Å²) in [6, 6.07) is 20.6. The molecule has 0 atom stereocenters. The first kappa shape index (κ1) is 18.4. The lowest BCUT2D eigenvalue weighted by Crippen LogP contribution is -2.05. The second-order valence-electron chi connectivity index (χ2n) is 7.16. The monoisotopic (exact) mass is 390 g/mol. The Bertz CT molecular complexity index is 1130. The Labute approximate surface area is 168 Å². The summed E-state index contributed by atoms with van der Waals surface area (Å²) in [5, 5.41) is 10.3. The molecule has 0 aliphatic rings. The van der Waals surface area contributed by atoms with Crippen molar-refractivity contribution < 1.29 is 9.90 Å². The fourth-order valence-corrected chi connectivity index (χ4v) is 4.37. The minimum Gasteiger partial charge on any atom is -0.481 e. The molecular formula is C23H22N2O2S. The van der Waals surface area contributed by atoms with E-state index in [4.69, 9.17) is 10.1 Å². The molecule has 0 amide bonds. The van der Waals surface area contributed by atoms with Crippen LogP contribution in [-0.4, -0.2) is 20.6 Å². The van der Waals surface area contributed by atoms with Gasteiger partial charge in [-0.3, -0.25) is 4.79 Å². The number of fused-ring (bicyclic) bond motifs is 1. The molecule has 0 saturated heterocycles. The average Bonchev–Trinajstić information content (AvgIpc) is 3.30. The number of carbonyl (C=O) groups is 1. The molecule has 5 heteroatoms. The fourth-order valence-electron chi connectivity index (χ4n) is 3.37. The van der Waals surface area contributed by atoms with Gasteiger partial charge >= 0.3 is 5.97 Å². The van der Waals surface area contributed by atoms with E-state index in [0.29, 0.717) is 12.3 Å². The topological polar surface area (TPSA) is 55.1 Å². The molecule has 0 fully saturated rings. The van der Waals surface area contributed by atoms with Gasteiger partial charge in [0.1, 0.15) is 0 Å². The van der Waals surface area contributed by atoms with Gasteiger partial charge in [-0.25, -0.2) is 4.98 Å². The van der Waals surface area contributed by atoms with Crippen molar-refractivity contribution in [3.05, 3.63) is 71.4 Å². The first-order valence-corrected chi connectivity index (χ1v) is 10.2. The van der Waals surface area contributed by atoms with Gasteiger partial charge in [-0.15, -0.1) is 11.3 Å². The Morgan fingerprint density at radius 3 is 2.61 bits per heavy atom. The molecule has 4 aromatic rings. The first-order valence-electron chi connectivity index (χ1n) is 9.41. The summed E-state index contributed by atoms with van der Waals surface area (Å²) in [7, 11) is 0. The van der Waals surface area contributed by atoms with Crippen molar-refractivity contribution in [2.75, 3.05) is 0 Å². The van der Waals surface area contributed by atoms with Crippen molar-refractivity contribution in [3.63, 3.8) is 0 Å². The number of benzene rings is 2. The van der Waals surface area contributed by atoms with Crippen molar-refractivity contribution >= 4 is 27.5 Å². The van der Waals surface area contributed by atoms with Crippen LogP contribution in [0.2, 0.25) is 0 Å². The highest BCUT2D eigenvalue weighted by Crippen LogP contribution is 2.32. The minimum atomic E-state index is -0.784. The molecule has 2 heterocycles. The zero-order valence-corrected chi connectivity index (χ0v) is 16.7. The predicted octanol–water partition coefficient (Wildman–Crippen LogP) is 5.89. The van der Waals surface area contributed by atoms with Crippen molar-refractivity contribution in [2.45, 2.75) is 32.6 Å². The largest absolute Gasteiger partial charge is 0.481 e. The van der Waals surface area contributed by atoms with Crippen molar-refractivity contribution in [2.24, 2.45) is 0 Å². The summed E-state index contributed by atoms with van der Waals surface area (Å²) >= 11 is 1.72. The van der Waals surface area contributed by atoms with E-state index in [1.54, 1.807) is 11.3 Å². The zero-order chi connectivity index (χ0) is 19.7. The lowest BCUT2D eigenvalue weighted by atomic mass is 10.1. The minimum absolute atomic E-state index is 0.110. The van der Waals surface area contributed by atoms with Gasteiger partial charge in [0.15, 0.2) is 0 Å². The highest BCUT2D eigenvalue weighted by atomic mass is 32.1. The van der Waals surface area contributed by atoms with Crippen LogP contribution in [0.4, 0.5) is 0 Å². The standard InChI is InChI=1S/C23H22N2O2S/c1-15(2)23-24-19-11-8-18(14-21(19)28-23)25-17(10-13-22(26)27)9-12-20(25)16-6-4-3-5-7-16/h3-9,11-12,14-15H,10,13H2,1-2H3,(H,26,27). The SMILES string of the molecule is CC(C)c1nc2ccc(-n3c(CCC(=O)O)ccc3-c3ccccc3)cc2s1. The number of thiazole rings is 1. The lowest BCUT2D eigenvalue weighted by Gasteiger charge is -2.14. The molecule has 0 radical (unpaired) electrons. The number of rotatable bonds is 6. The molecule has 2 aromatic heterocycles. The fraction of sp³-hybridized carbons (Fsp3) is 0.217. The number of aromatic nitrogens is 2. The second kappa shape index (κ2) is 7.60. The van der Waals surface area contributed by atoms with Crippen molar-refractivity contribution in [1.82, 2.24) is 9.55 Å². The number of hydrogen-bond donors (Lipinski definition) is 1. The number of carboxylic acid groups (broad SMARTS) is 1. The first-order chi connectivity index (χ1) is 13.5. The van der Waals surface area contributed by atoms with Gasteiger partial charge in [-0.2, -0.15) is 0 Å². The molecule has 2 aromatic carbocycles. The summed E-state index contributed by atoms with van der Waals surface area (Å²) < 4.78 is 3.32. The molecule has 1 N–H and O–H groups in total. The van der Waals surface area contributed by atoms with Crippen LogP contribution in [0.25, 0.3) is 27.2 Å². The average molecular weight is 391 g/mol. The molecule has 0 bridgehead atoms. The maximum atomic E-state index is 11.1. The maximum Gasteiger partial charge on any atom is 0.303 e. The highest BCUT2D eigenvalue weighted by Gasteiger charge is 2.15. The number of carboxylic acids is 1. The third-order valence-electron chi connectivity index (χ3n) is 4.77. The molecule has 0 saturated carbocycles. The van der Waals surface area contributed by atoms with Crippen LogP contribution in [-0.2, 0) is 11.2 Å². The second-order valence-corrected chi connectivity index (χ2v) is 8.23. The molecule has 28 heavy (non-hydrogen) atoms. The molecule has 4 nitrogen and oxygen atoms in total. The van der Waals surface area contributed by atoms with Gasteiger partial charge in [-0.1, -0.05) is 44.2 Å². The zero-order valence-electron chi connectivity index (χ0n) is 15.9. The molecule has 0 spiro atoms. The Balaban J connectivity index is 1.85. The van der Waals surface area contributed by atoms with Crippen LogP contribution >= 0.6 is 11.3 Å². The molecular weight excluding hydrogens is 368 g/mol. The summed E-state index contributed by atoms with van der Waals surface area (Å²) in [5.74, 6) is -0.382. The van der Waals surface area contributed by atoms with Crippen LogP contribution in [0.3, 0.4) is 0 Å². The van der Waals surface area contributed by atoms with Crippen molar-refractivity contribution in [1.29, 1.82) is 0 Å². The summed E-state index contributed by atoms with van der Waals surface area (Å²) in [6.45, 7) is 4.31. The van der Waals surface area contributed by atoms with E-state index in [0.717, 1.165) is 37.9 Å². The molecule has 0 unspecified atom stereocenters. The number of hydrogen-bond acceptors (Lipinski definition) is 3. The summed E-state index contributed by atoms with van der Waals surface area (Å²) in [5.41, 5.74) is 5.22. The van der Waals surface area contributed by atoms with E-state index in [2.05, 4.69) is 54.8 Å². The predicted molar refractivity (Wildman–Crippen MR) is 114 cm³/mol. The van der Waals surface area contributed by atoms with Crippen LogP contribution in [0.5, 0.6) is 0 Å². The highest BCUT2D eigenvalue weighted by molar-refractivity contribution is 7.18. The number of aliphatic carboxylic acids is 1. The van der Waals surface area contributed by atoms with Crippen LogP contribution in [0.15, 0.2) is 60.7 Å². The smallest absolute Gasteiger partial charge is 0.303 e. The number of nitrogens with zero attached hydrogens (tertiary/aromatic N) is 2. The van der Waals surface area contributed by atoms with E-state index < -0.39 is 5.97 Å². The Hall–Kier alpha value is -2.92. The van der Waals surface area contributed by atoms with Crippen molar-refractivity contribution in [3.8, 4) is 16.9 Å². The third-order valence-corrected chi connectivity index (χ3v) is 6.09. The summed E-state index contributed by atoms with van der Waals surface area (Å²) in [4.78, 5) is 15.9. The Morgan fingerprint density at radius 2 is 1.89 bits per heavy atom. The molecule has 142 valence electrons. The molecule has 4 rings (SSSR count). The van der Waals surface area contributed by atoms with Gasteiger partial charge in [0.2, 0.25) is 0 Å². The van der Waals surface area contributed by atoms with Crippen LogP contribution in [0, 0.1) is 0 Å². The van der Waals surface area contributed by atoms with Gasteiger partial charge in [-0.05, 0) is 42.3 Å². The van der Waals surface area contributed by atoms with E-state index in [-0.39, 0.29) is 6.42 Å².